The second-order valence-corrected chi connectivity index (χ2v) is 6.43. The molecule has 7 heteroatoms. The molecule has 1 fully saturated rings. The fourth-order valence-electron chi connectivity index (χ4n) is 3.29. The first-order valence-corrected chi connectivity index (χ1v) is 8.57. The lowest BCUT2D eigenvalue weighted by molar-refractivity contribution is -0.117. The number of hydrogen-bond donors (Lipinski definition) is 1. The van der Waals surface area contributed by atoms with Crippen molar-refractivity contribution in [3.8, 4) is 0 Å². The van der Waals surface area contributed by atoms with Crippen molar-refractivity contribution in [2.75, 3.05) is 16.8 Å². The number of rotatable bonds is 3. The number of fused-ring (bicyclic) bond motifs is 1. The standard InChI is InChI=1S/C19H19N5O2/c1-12-10-17-20-11-14(13(2)24(17)22-12)19(26)21-15-6-3-4-7-16(15)23-9-5-8-18(23)25/h3-4,6-7,10-11H,5,8-9H2,1-2H3,(H,21,26). The highest BCUT2D eigenvalue weighted by molar-refractivity contribution is 6.08. The van der Waals surface area contributed by atoms with E-state index in [4.69, 9.17) is 0 Å². The molecule has 0 radical (unpaired) electrons. The van der Waals surface area contributed by atoms with Crippen LogP contribution >= 0.6 is 0 Å². The van der Waals surface area contributed by atoms with Crippen LogP contribution < -0.4 is 10.2 Å². The van der Waals surface area contributed by atoms with Crippen LogP contribution in [0.2, 0.25) is 0 Å². The van der Waals surface area contributed by atoms with Crippen LogP contribution in [0.3, 0.4) is 0 Å². The van der Waals surface area contributed by atoms with Gasteiger partial charge in [0.05, 0.1) is 28.3 Å². The van der Waals surface area contributed by atoms with Crippen molar-refractivity contribution >= 4 is 28.8 Å². The zero-order valence-electron chi connectivity index (χ0n) is 14.7. The van der Waals surface area contributed by atoms with Crippen molar-refractivity contribution in [2.24, 2.45) is 0 Å². The summed E-state index contributed by atoms with van der Waals surface area (Å²) >= 11 is 0. The maximum atomic E-state index is 12.8. The molecule has 0 unspecified atom stereocenters. The molecule has 132 valence electrons. The average molecular weight is 349 g/mol. The number of carbonyl (C=O) groups is 2. The lowest BCUT2D eigenvalue weighted by Gasteiger charge is -2.20. The zero-order valence-corrected chi connectivity index (χ0v) is 14.7. The van der Waals surface area contributed by atoms with Crippen LogP contribution in [0.15, 0.2) is 36.5 Å². The van der Waals surface area contributed by atoms with Gasteiger partial charge in [-0.2, -0.15) is 5.10 Å². The normalized spacial score (nSPS) is 14.2. The Morgan fingerprint density at radius 1 is 1.23 bits per heavy atom. The van der Waals surface area contributed by atoms with Gasteiger partial charge < -0.3 is 10.2 Å². The van der Waals surface area contributed by atoms with Gasteiger partial charge in [0.15, 0.2) is 5.65 Å². The number of anilines is 2. The molecule has 1 saturated heterocycles. The first-order valence-electron chi connectivity index (χ1n) is 8.57. The summed E-state index contributed by atoms with van der Waals surface area (Å²) in [6.45, 7) is 4.40. The molecule has 1 N–H and O–H groups in total. The average Bonchev–Trinajstić information content (AvgIpc) is 3.21. The SMILES string of the molecule is Cc1cc2ncc(C(=O)Nc3ccccc3N3CCCC3=O)c(C)n2n1. The van der Waals surface area contributed by atoms with Gasteiger partial charge in [0.1, 0.15) is 0 Å². The van der Waals surface area contributed by atoms with Crippen LogP contribution in [0.1, 0.15) is 34.6 Å². The first-order chi connectivity index (χ1) is 12.5. The highest BCUT2D eigenvalue weighted by Crippen LogP contribution is 2.29. The Morgan fingerprint density at radius 2 is 2.04 bits per heavy atom. The number of para-hydroxylation sites is 2. The molecule has 1 aliphatic rings. The molecule has 1 aliphatic heterocycles. The van der Waals surface area contributed by atoms with E-state index in [1.807, 2.05) is 38.1 Å². The summed E-state index contributed by atoms with van der Waals surface area (Å²) in [6.07, 6.45) is 2.94. The number of carbonyl (C=O) groups excluding carboxylic acids is 2. The third-order valence-corrected chi connectivity index (χ3v) is 4.61. The van der Waals surface area contributed by atoms with Gasteiger partial charge in [-0.1, -0.05) is 12.1 Å². The molecule has 3 aromatic rings. The lowest BCUT2D eigenvalue weighted by atomic mass is 10.2. The Kier molecular flexibility index (Phi) is 3.91. The Hall–Kier alpha value is -3.22. The number of hydrogen-bond acceptors (Lipinski definition) is 4. The molecule has 0 saturated carbocycles. The maximum Gasteiger partial charge on any atom is 0.259 e. The van der Waals surface area contributed by atoms with Crippen molar-refractivity contribution in [1.29, 1.82) is 0 Å². The van der Waals surface area contributed by atoms with Gasteiger partial charge in [-0.05, 0) is 32.4 Å². The van der Waals surface area contributed by atoms with Crippen molar-refractivity contribution in [1.82, 2.24) is 14.6 Å². The molecule has 0 aliphatic carbocycles. The molecular formula is C19H19N5O2. The van der Waals surface area contributed by atoms with Crippen molar-refractivity contribution < 1.29 is 9.59 Å². The van der Waals surface area contributed by atoms with E-state index in [-0.39, 0.29) is 11.8 Å². The van der Waals surface area contributed by atoms with Crippen LogP contribution in [0.25, 0.3) is 5.65 Å². The van der Waals surface area contributed by atoms with E-state index < -0.39 is 0 Å². The van der Waals surface area contributed by atoms with Crippen LogP contribution in [0.5, 0.6) is 0 Å². The van der Waals surface area contributed by atoms with Crippen LogP contribution in [-0.4, -0.2) is 33.0 Å². The van der Waals surface area contributed by atoms with Crippen molar-refractivity contribution in [3.05, 3.63) is 53.5 Å². The fourth-order valence-corrected chi connectivity index (χ4v) is 3.29. The van der Waals surface area contributed by atoms with Gasteiger partial charge in [0.2, 0.25) is 5.91 Å². The fraction of sp³-hybridized carbons (Fsp3) is 0.263. The second-order valence-electron chi connectivity index (χ2n) is 6.43. The molecule has 7 nitrogen and oxygen atoms in total. The smallest absolute Gasteiger partial charge is 0.259 e. The summed E-state index contributed by atoms with van der Waals surface area (Å²) < 4.78 is 1.67. The number of nitrogens with one attached hydrogen (secondary N) is 1. The molecule has 4 rings (SSSR count). The van der Waals surface area contributed by atoms with E-state index in [1.165, 1.54) is 0 Å². The summed E-state index contributed by atoms with van der Waals surface area (Å²) in [5.74, 6) is -0.192. The lowest BCUT2D eigenvalue weighted by Crippen LogP contribution is -2.26. The third kappa shape index (κ3) is 2.71. The summed E-state index contributed by atoms with van der Waals surface area (Å²) in [6, 6.07) is 9.22. The molecule has 3 heterocycles. The topological polar surface area (TPSA) is 79.6 Å². The Labute approximate surface area is 150 Å². The summed E-state index contributed by atoms with van der Waals surface area (Å²) in [7, 11) is 0. The van der Waals surface area contributed by atoms with Crippen LogP contribution in [0.4, 0.5) is 11.4 Å². The summed E-state index contributed by atoms with van der Waals surface area (Å²) in [5, 5.41) is 7.30. The quantitative estimate of drug-likeness (QED) is 0.788. The Balaban J connectivity index is 1.67. The number of aryl methyl sites for hydroxylation is 2. The molecule has 0 atom stereocenters. The molecular weight excluding hydrogens is 330 g/mol. The molecule has 0 bridgehead atoms. The highest BCUT2D eigenvalue weighted by atomic mass is 16.2. The minimum absolute atomic E-state index is 0.0815. The van der Waals surface area contributed by atoms with Gasteiger partial charge in [-0.3, -0.25) is 9.59 Å². The van der Waals surface area contributed by atoms with E-state index in [9.17, 15) is 9.59 Å². The third-order valence-electron chi connectivity index (χ3n) is 4.61. The van der Waals surface area contributed by atoms with E-state index >= 15 is 0 Å². The molecule has 2 aromatic heterocycles. The van der Waals surface area contributed by atoms with E-state index in [1.54, 1.807) is 21.7 Å². The number of nitrogens with zero attached hydrogens (tertiary/aromatic N) is 4. The summed E-state index contributed by atoms with van der Waals surface area (Å²) in [4.78, 5) is 31.0. The predicted molar refractivity (Wildman–Crippen MR) is 98.4 cm³/mol. The minimum Gasteiger partial charge on any atom is -0.320 e. The Bertz CT molecular complexity index is 1020. The maximum absolute atomic E-state index is 12.8. The number of amides is 2. The minimum atomic E-state index is -0.274. The van der Waals surface area contributed by atoms with E-state index in [0.29, 0.717) is 29.9 Å². The highest BCUT2D eigenvalue weighted by Gasteiger charge is 2.24. The molecule has 26 heavy (non-hydrogen) atoms. The monoisotopic (exact) mass is 349 g/mol. The molecule has 2 amide bonds. The van der Waals surface area contributed by atoms with Gasteiger partial charge >= 0.3 is 0 Å². The van der Waals surface area contributed by atoms with E-state index in [0.717, 1.165) is 23.5 Å². The second kappa shape index (κ2) is 6.25. The van der Waals surface area contributed by atoms with Gasteiger partial charge in [-0.15, -0.1) is 0 Å². The van der Waals surface area contributed by atoms with Crippen molar-refractivity contribution in [2.45, 2.75) is 26.7 Å². The van der Waals surface area contributed by atoms with Gasteiger partial charge in [-0.25, -0.2) is 9.50 Å². The predicted octanol–water partition coefficient (Wildman–Crippen LogP) is 2.73. The zero-order chi connectivity index (χ0) is 18.3. The summed E-state index contributed by atoms with van der Waals surface area (Å²) in [5.41, 5.74) is 4.06. The number of benzene rings is 1. The van der Waals surface area contributed by atoms with Gasteiger partial charge in [0, 0.05) is 25.2 Å². The molecule has 1 aromatic carbocycles. The van der Waals surface area contributed by atoms with E-state index in [2.05, 4.69) is 15.4 Å². The van der Waals surface area contributed by atoms with Crippen LogP contribution in [0, 0.1) is 13.8 Å². The Morgan fingerprint density at radius 3 is 2.81 bits per heavy atom. The number of aromatic nitrogens is 3. The first kappa shape index (κ1) is 16.3. The van der Waals surface area contributed by atoms with Crippen molar-refractivity contribution in [3.63, 3.8) is 0 Å². The van der Waals surface area contributed by atoms with Gasteiger partial charge in [0.25, 0.3) is 5.91 Å². The van der Waals surface area contributed by atoms with Crippen LogP contribution in [-0.2, 0) is 4.79 Å². The molecule has 0 spiro atoms. The largest absolute Gasteiger partial charge is 0.320 e.